The minimum atomic E-state index is -4.50. The number of benzene rings is 4. The number of halogens is 2. The van der Waals surface area contributed by atoms with Gasteiger partial charge in [0.1, 0.15) is 22.8 Å². The zero-order chi connectivity index (χ0) is 28.3. The lowest BCUT2D eigenvalue weighted by atomic mass is 10.0. The fourth-order valence-electron chi connectivity index (χ4n) is 4.02. The van der Waals surface area contributed by atoms with Crippen molar-refractivity contribution in [3.63, 3.8) is 0 Å². The van der Waals surface area contributed by atoms with Crippen molar-refractivity contribution >= 4 is 67.1 Å². The second-order valence-electron chi connectivity index (χ2n) is 8.25. The largest absolute Gasteiger partial charge is 0.505 e. The molecule has 0 aliphatic carbocycles. The maximum absolute atomic E-state index is 13.3. The molecule has 0 aromatic heterocycles. The first kappa shape index (κ1) is 28.3. The lowest BCUT2D eigenvalue weighted by molar-refractivity contribution is 0.102. The number of nitrogens with zero attached hydrogens (tertiary/aromatic N) is 2. The highest BCUT2D eigenvalue weighted by Gasteiger charge is 2.22. The maximum atomic E-state index is 13.3. The number of anilines is 1. The molecule has 202 valence electrons. The van der Waals surface area contributed by atoms with Crippen LogP contribution in [0.4, 0.5) is 17.1 Å². The first-order chi connectivity index (χ1) is 18.6. The molecule has 0 atom stereocenters. The molecule has 39 heavy (non-hydrogen) atoms. The molecule has 0 saturated carbocycles. The topological polar surface area (TPSA) is 138 Å². The number of nitrogens with one attached hydrogen (secondary N) is 1. The van der Waals surface area contributed by atoms with Gasteiger partial charge in [0.2, 0.25) is 0 Å². The van der Waals surface area contributed by atoms with Gasteiger partial charge < -0.3 is 15.2 Å². The Morgan fingerprint density at radius 1 is 1.03 bits per heavy atom. The Hall–Kier alpha value is -3.70. The molecule has 0 unspecified atom stereocenters. The number of carbonyl (C=O) groups is 1. The third-order valence-corrected chi connectivity index (χ3v) is 7.50. The summed E-state index contributed by atoms with van der Waals surface area (Å²) in [5.74, 6) is -0.734. The molecule has 0 heterocycles. The summed E-state index contributed by atoms with van der Waals surface area (Å²) in [6, 6.07) is 15.9. The van der Waals surface area contributed by atoms with E-state index in [1.165, 1.54) is 18.2 Å². The van der Waals surface area contributed by atoms with E-state index in [1.54, 1.807) is 56.3 Å². The zero-order valence-electron chi connectivity index (χ0n) is 20.8. The molecule has 4 rings (SSSR count). The average Bonchev–Trinajstić information content (AvgIpc) is 2.89. The molecular formula is C27H23Cl2N3O6S. The summed E-state index contributed by atoms with van der Waals surface area (Å²) >= 11 is 12.7. The van der Waals surface area contributed by atoms with Crippen LogP contribution in [0.1, 0.15) is 29.8 Å². The standard InChI is InChI=1S/C27H23Cl2N3O6S/c1-3-16-22(39(35,36)37)13-12-20(23(16)29)31-32-24-17-9-6-5-8-15(17)14-18(26(24)33)27(34)30-25-19(28)10-7-11-21(25)38-4-2/h5-14,33H,3-4H2,1-2H3,(H,30,34)(H,35,36,37). The normalized spacial score (nSPS) is 11.7. The van der Waals surface area contributed by atoms with Crippen LogP contribution in [-0.2, 0) is 16.5 Å². The molecule has 0 aliphatic rings. The molecule has 0 aliphatic heterocycles. The molecule has 9 nitrogen and oxygen atoms in total. The molecule has 0 saturated heterocycles. The van der Waals surface area contributed by atoms with Gasteiger partial charge in [0.05, 0.1) is 27.1 Å². The third-order valence-electron chi connectivity index (χ3n) is 5.82. The number of carbonyl (C=O) groups excluding carboxylic acids is 1. The van der Waals surface area contributed by atoms with E-state index in [2.05, 4.69) is 15.5 Å². The summed E-state index contributed by atoms with van der Waals surface area (Å²) in [6.45, 7) is 3.82. The SMILES string of the molecule is CCOc1cccc(Cl)c1NC(=O)c1cc2ccccc2c(N=Nc2ccc(S(=O)(=O)O)c(CC)c2Cl)c1O. The number of ether oxygens (including phenoxy) is 1. The highest BCUT2D eigenvalue weighted by atomic mass is 35.5. The number of rotatable bonds is 8. The van der Waals surface area contributed by atoms with Crippen molar-refractivity contribution in [1.82, 2.24) is 0 Å². The van der Waals surface area contributed by atoms with Crippen molar-refractivity contribution < 1.29 is 27.6 Å². The lowest BCUT2D eigenvalue weighted by Crippen LogP contribution is -2.14. The van der Waals surface area contributed by atoms with Gasteiger partial charge in [-0.3, -0.25) is 9.35 Å². The minimum Gasteiger partial charge on any atom is -0.505 e. The number of para-hydroxylation sites is 1. The smallest absolute Gasteiger partial charge is 0.294 e. The predicted molar refractivity (Wildman–Crippen MR) is 151 cm³/mol. The van der Waals surface area contributed by atoms with Crippen LogP contribution in [0.25, 0.3) is 10.8 Å². The Morgan fingerprint density at radius 3 is 2.46 bits per heavy atom. The Balaban J connectivity index is 1.81. The highest BCUT2D eigenvalue weighted by molar-refractivity contribution is 7.85. The lowest BCUT2D eigenvalue weighted by Gasteiger charge is -2.15. The first-order valence-corrected chi connectivity index (χ1v) is 13.9. The van der Waals surface area contributed by atoms with E-state index in [0.717, 1.165) is 0 Å². The molecule has 0 spiro atoms. The van der Waals surface area contributed by atoms with E-state index < -0.39 is 21.8 Å². The highest BCUT2D eigenvalue weighted by Crippen LogP contribution is 2.42. The minimum absolute atomic E-state index is 0.00425. The van der Waals surface area contributed by atoms with Crippen LogP contribution in [0.2, 0.25) is 10.0 Å². The molecule has 1 amide bonds. The van der Waals surface area contributed by atoms with E-state index >= 15 is 0 Å². The van der Waals surface area contributed by atoms with E-state index in [0.29, 0.717) is 23.1 Å². The first-order valence-electron chi connectivity index (χ1n) is 11.7. The van der Waals surface area contributed by atoms with Gasteiger partial charge in [-0.15, -0.1) is 10.2 Å². The fourth-order valence-corrected chi connectivity index (χ4v) is 5.42. The molecule has 12 heteroatoms. The monoisotopic (exact) mass is 587 g/mol. The van der Waals surface area contributed by atoms with Gasteiger partial charge in [-0.2, -0.15) is 8.42 Å². The summed E-state index contributed by atoms with van der Waals surface area (Å²) in [5, 5.41) is 23.5. The summed E-state index contributed by atoms with van der Waals surface area (Å²) in [6.07, 6.45) is 0.201. The van der Waals surface area contributed by atoms with Gasteiger partial charge in [0, 0.05) is 5.39 Å². The average molecular weight is 588 g/mol. The zero-order valence-corrected chi connectivity index (χ0v) is 23.1. The molecule has 3 N–H and O–H groups in total. The summed E-state index contributed by atoms with van der Waals surface area (Å²) in [7, 11) is -4.50. The second kappa shape index (κ2) is 11.6. The van der Waals surface area contributed by atoms with E-state index in [-0.39, 0.29) is 49.6 Å². The van der Waals surface area contributed by atoms with E-state index in [4.69, 9.17) is 27.9 Å². The Kier molecular flexibility index (Phi) is 8.41. The Bertz CT molecular complexity index is 1720. The maximum Gasteiger partial charge on any atom is 0.294 e. The molecular weight excluding hydrogens is 565 g/mol. The van der Waals surface area contributed by atoms with E-state index in [9.17, 15) is 22.9 Å². The van der Waals surface area contributed by atoms with Crippen molar-refractivity contribution in [2.75, 3.05) is 11.9 Å². The number of azo groups is 1. The molecule has 4 aromatic carbocycles. The van der Waals surface area contributed by atoms with Crippen LogP contribution < -0.4 is 10.1 Å². The van der Waals surface area contributed by atoms with Crippen LogP contribution in [0.15, 0.2) is 75.8 Å². The third kappa shape index (κ3) is 5.84. The van der Waals surface area contributed by atoms with Gasteiger partial charge in [0.25, 0.3) is 16.0 Å². The Morgan fingerprint density at radius 2 is 1.77 bits per heavy atom. The van der Waals surface area contributed by atoms with Gasteiger partial charge in [-0.1, -0.05) is 60.5 Å². The summed E-state index contributed by atoms with van der Waals surface area (Å²) in [5.41, 5.74) is 0.432. The quantitative estimate of drug-likeness (QED) is 0.142. The number of aromatic hydroxyl groups is 1. The van der Waals surface area contributed by atoms with Crippen molar-refractivity contribution in [3.05, 3.63) is 81.8 Å². The van der Waals surface area contributed by atoms with E-state index in [1.807, 2.05) is 0 Å². The number of phenols is 1. The van der Waals surface area contributed by atoms with Crippen LogP contribution in [-0.4, -0.2) is 30.6 Å². The van der Waals surface area contributed by atoms with Gasteiger partial charge in [-0.25, -0.2) is 0 Å². The van der Waals surface area contributed by atoms with Crippen molar-refractivity contribution in [1.29, 1.82) is 0 Å². The summed E-state index contributed by atoms with van der Waals surface area (Å²) < 4.78 is 38.5. The number of phenolic OH excluding ortho intramolecular Hbond substituents is 1. The number of hydrogen-bond acceptors (Lipinski definition) is 7. The van der Waals surface area contributed by atoms with Crippen molar-refractivity contribution in [2.24, 2.45) is 10.2 Å². The number of fused-ring (bicyclic) bond motifs is 1. The molecule has 4 aromatic rings. The molecule has 0 fully saturated rings. The van der Waals surface area contributed by atoms with Crippen molar-refractivity contribution in [3.8, 4) is 11.5 Å². The molecule has 0 radical (unpaired) electrons. The van der Waals surface area contributed by atoms with Crippen LogP contribution >= 0.6 is 23.2 Å². The number of amides is 1. The van der Waals surface area contributed by atoms with Gasteiger partial charge >= 0.3 is 0 Å². The summed E-state index contributed by atoms with van der Waals surface area (Å²) in [4.78, 5) is 13.0. The predicted octanol–water partition coefficient (Wildman–Crippen LogP) is 7.73. The van der Waals surface area contributed by atoms with Crippen LogP contribution in [0.3, 0.4) is 0 Å². The van der Waals surface area contributed by atoms with Gasteiger partial charge in [-0.05, 0) is 54.6 Å². The Labute approximate surface area is 234 Å². The van der Waals surface area contributed by atoms with Crippen LogP contribution in [0.5, 0.6) is 11.5 Å². The second-order valence-corrected chi connectivity index (χ2v) is 10.4. The van der Waals surface area contributed by atoms with Crippen LogP contribution in [0, 0.1) is 0 Å². The fraction of sp³-hybridized carbons (Fsp3) is 0.148. The number of hydrogen-bond donors (Lipinski definition) is 3. The van der Waals surface area contributed by atoms with Crippen molar-refractivity contribution in [2.45, 2.75) is 25.2 Å². The molecule has 0 bridgehead atoms. The van der Waals surface area contributed by atoms with Gasteiger partial charge in [0.15, 0.2) is 5.75 Å².